The highest BCUT2D eigenvalue weighted by Crippen LogP contribution is 2.23. The number of fused-ring (bicyclic) bond motifs is 1. The number of anilines is 1. The van der Waals surface area contributed by atoms with Gasteiger partial charge >= 0.3 is 0 Å². The first-order valence-electron chi connectivity index (χ1n) is 6.92. The fraction of sp³-hybridized carbons (Fsp3) is 0.118. The molecule has 0 unspecified atom stereocenters. The molecule has 0 fully saturated rings. The molecule has 4 nitrogen and oxygen atoms in total. The third kappa shape index (κ3) is 3.00. The first kappa shape index (κ1) is 14.3. The van der Waals surface area contributed by atoms with E-state index in [9.17, 15) is 5.26 Å². The van der Waals surface area contributed by atoms with Crippen molar-refractivity contribution < 1.29 is 0 Å². The van der Waals surface area contributed by atoms with Crippen molar-refractivity contribution in [2.24, 2.45) is 0 Å². The Morgan fingerprint density at radius 1 is 1.09 bits per heavy atom. The van der Waals surface area contributed by atoms with E-state index in [1.165, 1.54) is 0 Å². The lowest BCUT2D eigenvalue weighted by atomic mass is 10.1. The van der Waals surface area contributed by atoms with Crippen molar-refractivity contribution in [1.29, 1.82) is 5.26 Å². The second-order valence-corrected chi connectivity index (χ2v) is 5.30. The second-order valence-electron chi connectivity index (χ2n) is 4.86. The molecule has 0 saturated carbocycles. The fourth-order valence-corrected chi connectivity index (χ4v) is 2.55. The summed E-state index contributed by atoms with van der Waals surface area (Å²) in [6.07, 6.45) is 0.808. The number of nitriles is 1. The number of nitrogens with zero attached hydrogens (tertiary/aromatic N) is 3. The van der Waals surface area contributed by atoms with Crippen LogP contribution in [0.25, 0.3) is 10.9 Å². The molecule has 0 bridgehead atoms. The predicted octanol–water partition coefficient (Wildman–Crippen LogP) is 3.81. The lowest BCUT2D eigenvalue weighted by Crippen LogP contribution is -2.08. The van der Waals surface area contributed by atoms with Crippen molar-refractivity contribution in [2.45, 2.75) is 6.42 Å². The normalized spacial score (nSPS) is 10.4. The standard InChI is InChI=1S/C17H13ClN4/c18-13-5-3-4-12(10-13)8-9-20-17-14-6-1-2-7-15(14)21-22-16(17)11-19/h1-7,10H,8-9H2,(H,20,21). The molecule has 3 aromatic rings. The minimum absolute atomic E-state index is 0.310. The van der Waals surface area contributed by atoms with E-state index >= 15 is 0 Å². The van der Waals surface area contributed by atoms with Crippen LogP contribution in [0.15, 0.2) is 48.5 Å². The largest absolute Gasteiger partial charge is 0.382 e. The van der Waals surface area contributed by atoms with Gasteiger partial charge in [0.2, 0.25) is 0 Å². The Hall–Kier alpha value is -2.64. The first-order valence-corrected chi connectivity index (χ1v) is 7.29. The number of halogens is 1. The number of hydrogen-bond acceptors (Lipinski definition) is 4. The molecule has 1 N–H and O–H groups in total. The molecule has 0 radical (unpaired) electrons. The zero-order valence-electron chi connectivity index (χ0n) is 11.8. The molecule has 0 aliphatic rings. The van der Waals surface area contributed by atoms with Crippen molar-refractivity contribution in [2.75, 3.05) is 11.9 Å². The smallest absolute Gasteiger partial charge is 0.186 e. The van der Waals surface area contributed by atoms with Crippen LogP contribution in [0.1, 0.15) is 11.3 Å². The molecule has 0 atom stereocenters. The summed E-state index contributed by atoms with van der Waals surface area (Å²) in [6.45, 7) is 0.685. The molecule has 0 spiro atoms. The summed E-state index contributed by atoms with van der Waals surface area (Å²) < 4.78 is 0. The summed E-state index contributed by atoms with van der Waals surface area (Å²) in [5.74, 6) is 0. The maximum Gasteiger partial charge on any atom is 0.186 e. The van der Waals surface area contributed by atoms with Crippen LogP contribution in [0.2, 0.25) is 5.02 Å². The number of aromatic nitrogens is 2. The van der Waals surface area contributed by atoms with Gasteiger partial charge in [0.1, 0.15) is 6.07 Å². The molecule has 3 rings (SSSR count). The van der Waals surface area contributed by atoms with Gasteiger partial charge in [0.25, 0.3) is 0 Å². The van der Waals surface area contributed by atoms with E-state index in [0.717, 1.165) is 33.6 Å². The lowest BCUT2D eigenvalue weighted by Gasteiger charge is -2.10. The van der Waals surface area contributed by atoms with Crippen LogP contribution in [0.4, 0.5) is 5.69 Å². The van der Waals surface area contributed by atoms with Gasteiger partial charge in [0.05, 0.1) is 11.2 Å². The SMILES string of the molecule is N#Cc1nnc2ccccc2c1NCCc1cccc(Cl)c1. The van der Waals surface area contributed by atoms with E-state index in [1.807, 2.05) is 48.5 Å². The monoisotopic (exact) mass is 308 g/mol. The highest BCUT2D eigenvalue weighted by molar-refractivity contribution is 6.30. The van der Waals surface area contributed by atoms with E-state index in [-0.39, 0.29) is 0 Å². The van der Waals surface area contributed by atoms with Gasteiger partial charge in [-0.05, 0) is 30.2 Å². The van der Waals surface area contributed by atoms with Crippen molar-refractivity contribution in [3.63, 3.8) is 0 Å². The highest BCUT2D eigenvalue weighted by atomic mass is 35.5. The van der Waals surface area contributed by atoms with Crippen LogP contribution >= 0.6 is 11.6 Å². The Morgan fingerprint density at radius 3 is 2.77 bits per heavy atom. The van der Waals surface area contributed by atoms with Crippen LogP contribution in [0, 0.1) is 11.3 Å². The van der Waals surface area contributed by atoms with Crippen LogP contribution in [-0.2, 0) is 6.42 Å². The Morgan fingerprint density at radius 2 is 1.95 bits per heavy atom. The van der Waals surface area contributed by atoms with Gasteiger partial charge in [0, 0.05) is 17.0 Å². The second kappa shape index (κ2) is 6.42. The summed E-state index contributed by atoms with van der Waals surface area (Å²) >= 11 is 5.98. The number of nitrogens with one attached hydrogen (secondary N) is 1. The van der Waals surface area contributed by atoms with Crippen molar-refractivity contribution >= 4 is 28.2 Å². The van der Waals surface area contributed by atoms with Gasteiger partial charge in [-0.1, -0.05) is 41.9 Å². The summed E-state index contributed by atoms with van der Waals surface area (Å²) in [7, 11) is 0. The van der Waals surface area contributed by atoms with Gasteiger partial charge in [-0.3, -0.25) is 0 Å². The zero-order chi connectivity index (χ0) is 15.4. The minimum atomic E-state index is 0.310. The topological polar surface area (TPSA) is 61.6 Å². The molecule has 0 aliphatic carbocycles. The van der Waals surface area contributed by atoms with E-state index in [0.29, 0.717) is 12.2 Å². The Labute approximate surface area is 133 Å². The molecular weight excluding hydrogens is 296 g/mol. The number of rotatable bonds is 4. The molecule has 2 aromatic carbocycles. The van der Waals surface area contributed by atoms with Crippen molar-refractivity contribution in [3.8, 4) is 6.07 Å². The van der Waals surface area contributed by atoms with E-state index < -0.39 is 0 Å². The maximum absolute atomic E-state index is 9.22. The van der Waals surface area contributed by atoms with Gasteiger partial charge in [0.15, 0.2) is 5.69 Å². The van der Waals surface area contributed by atoms with Gasteiger partial charge in [-0.25, -0.2) is 0 Å². The molecule has 0 aliphatic heterocycles. The molecular formula is C17H13ClN4. The average molecular weight is 309 g/mol. The minimum Gasteiger partial charge on any atom is -0.382 e. The molecule has 22 heavy (non-hydrogen) atoms. The summed E-state index contributed by atoms with van der Waals surface area (Å²) in [4.78, 5) is 0. The molecule has 1 aromatic heterocycles. The van der Waals surface area contributed by atoms with Crippen molar-refractivity contribution in [3.05, 3.63) is 64.8 Å². The Bertz CT molecular complexity index is 855. The average Bonchev–Trinajstić information content (AvgIpc) is 2.55. The van der Waals surface area contributed by atoms with E-state index in [4.69, 9.17) is 11.6 Å². The van der Waals surface area contributed by atoms with E-state index in [1.54, 1.807) is 0 Å². The van der Waals surface area contributed by atoms with Crippen LogP contribution in [-0.4, -0.2) is 16.7 Å². The molecule has 0 saturated heterocycles. The highest BCUT2D eigenvalue weighted by Gasteiger charge is 2.09. The quantitative estimate of drug-likeness (QED) is 0.796. The summed E-state index contributed by atoms with van der Waals surface area (Å²) in [6, 6.07) is 17.5. The zero-order valence-corrected chi connectivity index (χ0v) is 12.5. The molecule has 5 heteroatoms. The Kier molecular flexibility index (Phi) is 4.17. The van der Waals surface area contributed by atoms with Crippen LogP contribution < -0.4 is 5.32 Å². The van der Waals surface area contributed by atoms with E-state index in [2.05, 4.69) is 21.6 Å². The first-order chi connectivity index (χ1) is 10.8. The molecule has 1 heterocycles. The van der Waals surface area contributed by atoms with Crippen LogP contribution in [0.3, 0.4) is 0 Å². The van der Waals surface area contributed by atoms with Crippen molar-refractivity contribution in [1.82, 2.24) is 10.2 Å². The summed E-state index contributed by atoms with van der Waals surface area (Å²) in [5, 5.41) is 22.2. The third-order valence-electron chi connectivity index (χ3n) is 3.38. The maximum atomic E-state index is 9.22. The fourth-order valence-electron chi connectivity index (χ4n) is 2.34. The molecule has 108 valence electrons. The van der Waals surface area contributed by atoms with Gasteiger partial charge < -0.3 is 5.32 Å². The lowest BCUT2D eigenvalue weighted by molar-refractivity contribution is 1.00. The van der Waals surface area contributed by atoms with Crippen LogP contribution in [0.5, 0.6) is 0 Å². The summed E-state index contributed by atoms with van der Waals surface area (Å²) in [5.41, 5.74) is 2.96. The Balaban J connectivity index is 1.83. The number of benzene rings is 2. The third-order valence-corrected chi connectivity index (χ3v) is 3.61. The van der Waals surface area contributed by atoms with Gasteiger partial charge in [-0.15, -0.1) is 10.2 Å². The van der Waals surface area contributed by atoms with Gasteiger partial charge in [-0.2, -0.15) is 5.26 Å². The molecule has 0 amide bonds. The number of hydrogen-bond donors (Lipinski definition) is 1. The predicted molar refractivity (Wildman–Crippen MR) is 87.9 cm³/mol.